The van der Waals surface area contributed by atoms with E-state index in [1.165, 1.54) is 32.1 Å². The molecule has 1 aliphatic heterocycles. The molecule has 4 rings (SSSR count). The van der Waals surface area contributed by atoms with Crippen LogP contribution >= 0.6 is 0 Å². The van der Waals surface area contributed by atoms with Gasteiger partial charge in [-0.25, -0.2) is 0 Å². The standard InChI is InChI=1S/C16H23N5O/c1-2-9-20(12-15-18-19-16(22-15)13-5-6-13)14(4-1)7-11-21-10-3-8-17-21/h3,8,10,13-14H,1-2,4-7,9,11-12H2/t14-/m0/s1. The van der Waals surface area contributed by atoms with Crippen LogP contribution in [0.5, 0.6) is 0 Å². The highest BCUT2D eigenvalue weighted by Crippen LogP contribution is 2.39. The van der Waals surface area contributed by atoms with Crippen molar-refractivity contribution < 1.29 is 4.42 Å². The molecule has 1 saturated heterocycles. The fourth-order valence-corrected chi connectivity index (χ4v) is 3.31. The number of likely N-dealkylation sites (tertiary alicyclic amines) is 1. The van der Waals surface area contributed by atoms with Crippen molar-refractivity contribution in [3.05, 3.63) is 30.2 Å². The van der Waals surface area contributed by atoms with Crippen LogP contribution in [0.3, 0.4) is 0 Å². The van der Waals surface area contributed by atoms with Crippen LogP contribution in [0.15, 0.2) is 22.9 Å². The zero-order valence-electron chi connectivity index (χ0n) is 12.9. The number of aryl methyl sites for hydroxylation is 1. The second-order valence-electron chi connectivity index (χ2n) is 6.49. The third kappa shape index (κ3) is 3.21. The van der Waals surface area contributed by atoms with E-state index in [0.29, 0.717) is 12.0 Å². The third-order valence-electron chi connectivity index (χ3n) is 4.75. The average Bonchev–Trinajstić information content (AvgIpc) is 3.07. The van der Waals surface area contributed by atoms with E-state index in [2.05, 4.69) is 20.2 Å². The van der Waals surface area contributed by atoms with Gasteiger partial charge in [-0.15, -0.1) is 10.2 Å². The van der Waals surface area contributed by atoms with Gasteiger partial charge in [0.2, 0.25) is 11.8 Å². The van der Waals surface area contributed by atoms with Crippen molar-refractivity contribution in [2.45, 2.75) is 63.6 Å². The Morgan fingerprint density at radius 2 is 2.14 bits per heavy atom. The molecule has 118 valence electrons. The Labute approximate surface area is 130 Å². The van der Waals surface area contributed by atoms with Crippen molar-refractivity contribution in [2.75, 3.05) is 6.54 Å². The zero-order chi connectivity index (χ0) is 14.8. The molecular weight excluding hydrogens is 278 g/mol. The predicted octanol–water partition coefficient (Wildman–Crippen LogP) is 2.59. The van der Waals surface area contributed by atoms with Crippen LogP contribution in [0.25, 0.3) is 0 Å². The molecule has 1 aliphatic carbocycles. The molecule has 6 heteroatoms. The van der Waals surface area contributed by atoms with Crippen LogP contribution in [0, 0.1) is 0 Å². The summed E-state index contributed by atoms with van der Waals surface area (Å²) in [6.45, 7) is 2.90. The van der Waals surface area contributed by atoms with Crippen molar-refractivity contribution in [3.63, 3.8) is 0 Å². The second-order valence-corrected chi connectivity index (χ2v) is 6.49. The number of hydrogen-bond donors (Lipinski definition) is 0. The van der Waals surface area contributed by atoms with E-state index in [1.807, 2.05) is 23.1 Å². The van der Waals surface area contributed by atoms with Crippen LogP contribution in [0.4, 0.5) is 0 Å². The fourth-order valence-electron chi connectivity index (χ4n) is 3.31. The monoisotopic (exact) mass is 301 g/mol. The first-order valence-electron chi connectivity index (χ1n) is 8.42. The van der Waals surface area contributed by atoms with Gasteiger partial charge < -0.3 is 4.42 Å². The summed E-state index contributed by atoms with van der Waals surface area (Å²) in [5.41, 5.74) is 0. The summed E-state index contributed by atoms with van der Waals surface area (Å²) >= 11 is 0. The molecule has 0 radical (unpaired) electrons. The van der Waals surface area contributed by atoms with E-state index in [4.69, 9.17) is 4.42 Å². The molecule has 1 atom stereocenters. The van der Waals surface area contributed by atoms with E-state index in [0.717, 1.165) is 37.8 Å². The Kier molecular flexibility index (Phi) is 3.93. The summed E-state index contributed by atoms with van der Waals surface area (Å²) in [5, 5.41) is 12.7. The molecule has 6 nitrogen and oxygen atoms in total. The highest BCUT2D eigenvalue weighted by molar-refractivity contribution is 5.00. The maximum absolute atomic E-state index is 5.83. The summed E-state index contributed by atoms with van der Waals surface area (Å²) < 4.78 is 7.85. The van der Waals surface area contributed by atoms with E-state index in [9.17, 15) is 0 Å². The summed E-state index contributed by atoms with van der Waals surface area (Å²) in [5.74, 6) is 2.17. The Balaban J connectivity index is 1.36. The first-order valence-corrected chi connectivity index (χ1v) is 8.42. The smallest absolute Gasteiger partial charge is 0.230 e. The third-order valence-corrected chi connectivity index (χ3v) is 4.75. The predicted molar refractivity (Wildman–Crippen MR) is 81.2 cm³/mol. The average molecular weight is 301 g/mol. The van der Waals surface area contributed by atoms with Crippen LogP contribution in [-0.2, 0) is 13.1 Å². The SMILES string of the molecule is c1cnn(CC[C@@H]2CCCCN2Cc2nnc(C3CC3)o2)c1. The van der Waals surface area contributed by atoms with Gasteiger partial charge in [0, 0.05) is 30.9 Å². The van der Waals surface area contributed by atoms with Crippen LogP contribution in [0.2, 0.25) is 0 Å². The molecule has 2 fully saturated rings. The quantitative estimate of drug-likeness (QED) is 0.820. The highest BCUT2D eigenvalue weighted by atomic mass is 16.4. The highest BCUT2D eigenvalue weighted by Gasteiger charge is 2.30. The molecule has 0 aromatic carbocycles. The molecule has 22 heavy (non-hydrogen) atoms. The summed E-state index contributed by atoms with van der Waals surface area (Å²) in [7, 11) is 0. The lowest BCUT2D eigenvalue weighted by Crippen LogP contribution is -2.39. The maximum atomic E-state index is 5.83. The number of rotatable bonds is 6. The van der Waals surface area contributed by atoms with E-state index in [-0.39, 0.29) is 0 Å². The minimum atomic E-state index is 0.540. The Bertz CT molecular complexity index is 589. The van der Waals surface area contributed by atoms with Crippen LogP contribution < -0.4 is 0 Å². The minimum Gasteiger partial charge on any atom is -0.424 e. The van der Waals surface area contributed by atoms with Gasteiger partial charge in [-0.05, 0) is 44.7 Å². The van der Waals surface area contributed by atoms with Crippen molar-refractivity contribution in [1.82, 2.24) is 24.9 Å². The zero-order valence-corrected chi connectivity index (χ0v) is 12.9. The van der Waals surface area contributed by atoms with E-state index in [1.54, 1.807) is 0 Å². The van der Waals surface area contributed by atoms with Gasteiger partial charge in [-0.3, -0.25) is 9.58 Å². The van der Waals surface area contributed by atoms with Gasteiger partial charge in [-0.1, -0.05) is 6.42 Å². The van der Waals surface area contributed by atoms with E-state index >= 15 is 0 Å². The molecule has 0 unspecified atom stereocenters. The van der Waals surface area contributed by atoms with Gasteiger partial charge in [0.15, 0.2) is 0 Å². The number of aromatic nitrogens is 4. The lowest BCUT2D eigenvalue weighted by Gasteiger charge is -2.34. The first-order chi connectivity index (χ1) is 10.9. The van der Waals surface area contributed by atoms with Crippen molar-refractivity contribution >= 4 is 0 Å². The normalized spacial score (nSPS) is 23.0. The molecule has 3 heterocycles. The molecule has 2 aliphatic rings. The van der Waals surface area contributed by atoms with E-state index < -0.39 is 0 Å². The molecule has 0 bridgehead atoms. The van der Waals surface area contributed by atoms with Gasteiger partial charge >= 0.3 is 0 Å². The number of nitrogens with zero attached hydrogens (tertiary/aromatic N) is 5. The number of hydrogen-bond acceptors (Lipinski definition) is 5. The van der Waals surface area contributed by atoms with Gasteiger partial charge in [0.1, 0.15) is 0 Å². The molecule has 0 spiro atoms. The number of piperidine rings is 1. The molecule has 2 aromatic rings. The fraction of sp³-hybridized carbons (Fsp3) is 0.688. The summed E-state index contributed by atoms with van der Waals surface area (Å²) in [6.07, 6.45) is 11.3. The molecule has 2 aromatic heterocycles. The topological polar surface area (TPSA) is 60.0 Å². The van der Waals surface area contributed by atoms with Gasteiger partial charge in [-0.2, -0.15) is 5.10 Å². The van der Waals surface area contributed by atoms with Crippen LogP contribution in [0.1, 0.15) is 56.2 Å². The molecule has 0 N–H and O–H groups in total. The van der Waals surface area contributed by atoms with Crippen molar-refractivity contribution in [3.8, 4) is 0 Å². The Morgan fingerprint density at radius 1 is 1.18 bits per heavy atom. The van der Waals surface area contributed by atoms with Crippen molar-refractivity contribution in [1.29, 1.82) is 0 Å². The van der Waals surface area contributed by atoms with Crippen LogP contribution in [-0.4, -0.2) is 37.5 Å². The Hall–Kier alpha value is -1.69. The molecular formula is C16H23N5O. The molecule has 0 amide bonds. The largest absolute Gasteiger partial charge is 0.424 e. The lowest BCUT2D eigenvalue weighted by atomic mass is 9.99. The summed E-state index contributed by atoms with van der Waals surface area (Å²) in [6, 6.07) is 2.57. The van der Waals surface area contributed by atoms with Gasteiger partial charge in [0.05, 0.1) is 6.54 Å². The second kappa shape index (κ2) is 6.20. The Morgan fingerprint density at radius 3 is 2.95 bits per heavy atom. The first kappa shape index (κ1) is 13.9. The lowest BCUT2D eigenvalue weighted by molar-refractivity contribution is 0.115. The minimum absolute atomic E-state index is 0.540. The van der Waals surface area contributed by atoms with Crippen molar-refractivity contribution in [2.24, 2.45) is 0 Å². The molecule has 1 saturated carbocycles. The summed E-state index contributed by atoms with van der Waals surface area (Å²) in [4.78, 5) is 2.51. The van der Waals surface area contributed by atoms with Gasteiger partial charge in [0.25, 0.3) is 0 Å². The maximum Gasteiger partial charge on any atom is 0.230 e.